The Hall–Kier alpha value is -0.440. The van der Waals surface area contributed by atoms with E-state index in [0.29, 0.717) is 0 Å². The summed E-state index contributed by atoms with van der Waals surface area (Å²) in [6.45, 7) is 3.28. The molecule has 2 aliphatic rings. The summed E-state index contributed by atoms with van der Waals surface area (Å²) in [6, 6.07) is 3.91. The molecule has 0 saturated carbocycles. The van der Waals surface area contributed by atoms with Gasteiger partial charge in [0, 0.05) is 17.0 Å². The highest BCUT2D eigenvalue weighted by Gasteiger charge is 2.41. The van der Waals surface area contributed by atoms with Crippen molar-refractivity contribution in [1.82, 2.24) is 4.90 Å². The Morgan fingerprint density at radius 1 is 1.24 bits per heavy atom. The van der Waals surface area contributed by atoms with Crippen LogP contribution in [0, 0.1) is 0 Å². The van der Waals surface area contributed by atoms with E-state index in [1.165, 1.54) is 18.4 Å². The Morgan fingerprint density at radius 2 is 1.94 bits per heavy atom. The van der Waals surface area contributed by atoms with Crippen LogP contribution in [-0.2, 0) is 5.41 Å². The van der Waals surface area contributed by atoms with E-state index < -0.39 is 0 Å². The monoisotopic (exact) mass is 270 g/mol. The van der Waals surface area contributed by atoms with E-state index >= 15 is 0 Å². The van der Waals surface area contributed by atoms with E-state index in [2.05, 4.69) is 23.3 Å². The summed E-state index contributed by atoms with van der Waals surface area (Å²) in [4.78, 5) is 2.38. The van der Waals surface area contributed by atoms with Crippen molar-refractivity contribution in [1.29, 1.82) is 0 Å². The second-order valence-electron chi connectivity index (χ2n) is 5.25. The summed E-state index contributed by atoms with van der Waals surface area (Å²) >= 11 is 12.4. The maximum Gasteiger partial charge on any atom is 0.0655 e. The first-order chi connectivity index (χ1) is 8.11. The van der Waals surface area contributed by atoms with E-state index in [-0.39, 0.29) is 5.41 Å². The van der Waals surface area contributed by atoms with Gasteiger partial charge in [-0.15, -0.1) is 0 Å². The molecular weight excluding hydrogens is 255 g/mol. The first kappa shape index (κ1) is 11.6. The molecule has 1 aromatic carbocycles. The largest absolute Gasteiger partial charge is 0.383 e. The summed E-state index contributed by atoms with van der Waals surface area (Å²) in [5, 5.41) is 4.96. The van der Waals surface area contributed by atoms with Crippen molar-refractivity contribution in [2.24, 2.45) is 0 Å². The maximum atomic E-state index is 6.25. The fraction of sp³-hybridized carbons (Fsp3) is 0.538. The van der Waals surface area contributed by atoms with Crippen molar-refractivity contribution < 1.29 is 0 Å². The lowest BCUT2D eigenvalue weighted by Crippen LogP contribution is -2.42. The smallest absolute Gasteiger partial charge is 0.0655 e. The predicted octanol–water partition coefficient (Wildman–Crippen LogP) is 3.38. The van der Waals surface area contributed by atoms with Crippen molar-refractivity contribution >= 4 is 28.9 Å². The number of likely N-dealkylation sites (tertiary alicyclic amines) is 1. The second kappa shape index (κ2) is 4.04. The summed E-state index contributed by atoms with van der Waals surface area (Å²) < 4.78 is 0. The minimum atomic E-state index is 0.246. The SMILES string of the molecule is CN1CCC2(CC1)CNc1c(Cl)cc(Cl)cc12. The van der Waals surface area contributed by atoms with Gasteiger partial charge in [-0.05, 0) is 50.7 Å². The third kappa shape index (κ3) is 1.83. The quantitative estimate of drug-likeness (QED) is 0.778. The molecule has 0 aliphatic carbocycles. The molecule has 2 nitrogen and oxygen atoms in total. The van der Waals surface area contributed by atoms with Crippen LogP contribution in [0.2, 0.25) is 10.0 Å². The zero-order valence-electron chi connectivity index (χ0n) is 9.89. The van der Waals surface area contributed by atoms with Gasteiger partial charge >= 0.3 is 0 Å². The van der Waals surface area contributed by atoms with Crippen LogP contribution < -0.4 is 5.32 Å². The average Bonchev–Trinajstić information content (AvgIpc) is 2.63. The third-order valence-corrected chi connectivity index (χ3v) is 4.69. The zero-order chi connectivity index (χ0) is 12.0. The van der Waals surface area contributed by atoms with Crippen molar-refractivity contribution in [3.8, 4) is 0 Å². The van der Waals surface area contributed by atoms with E-state index in [1.807, 2.05) is 6.07 Å². The molecule has 0 amide bonds. The predicted molar refractivity (Wildman–Crippen MR) is 73.4 cm³/mol. The van der Waals surface area contributed by atoms with E-state index in [9.17, 15) is 0 Å². The highest BCUT2D eigenvalue weighted by Crippen LogP contribution is 2.47. The molecule has 0 radical (unpaired) electrons. The number of halogens is 2. The Bertz CT molecular complexity index is 451. The lowest BCUT2D eigenvalue weighted by atomic mass is 9.74. The maximum absolute atomic E-state index is 6.25. The summed E-state index contributed by atoms with van der Waals surface area (Å²) in [5.41, 5.74) is 2.67. The van der Waals surface area contributed by atoms with Gasteiger partial charge in [0.05, 0.1) is 10.7 Å². The number of nitrogens with zero attached hydrogens (tertiary/aromatic N) is 1. The Balaban J connectivity index is 2.03. The highest BCUT2D eigenvalue weighted by atomic mass is 35.5. The van der Waals surface area contributed by atoms with Gasteiger partial charge in [-0.25, -0.2) is 0 Å². The number of fused-ring (bicyclic) bond motifs is 2. The highest BCUT2D eigenvalue weighted by molar-refractivity contribution is 6.36. The van der Waals surface area contributed by atoms with Crippen molar-refractivity contribution in [2.45, 2.75) is 18.3 Å². The van der Waals surface area contributed by atoms with Crippen LogP contribution in [0.3, 0.4) is 0 Å². The molecule has 1 aromatic rings. The molecule has 1 saturated heterocycles. The molecule has 1 fully saturated rings. The average molecular weight is 271 g/mol. The first-order valence-corrected chi connectivity index (χ1v) is 6.78. The topological polar surface area (TPSA) is 15.3 Å². The Kier molecular flexibility index (Phi) is 2.77. The van der Waals surface area contributed by atoms with Gasteiger partial charge in [-0.1, -0.05) is 23.2 Å². The van der Waals surface area contributed by atoms with Crippen LogP contribution in [0.5, 0.6) is 0 Å². The van der Waals surface area contributed by atoms with E-state index in [1.54, 1.807) is 0 Å². The van der Waals surface area contributed by atoms with Crippen LogP contribution in [0.25, 0.3) is 0 Å². The molecule has 17 heavy (non-hydrogen) atoms. The van der Waals surface area contributed by atoms with Crippen LogP contribution in [-0.4, -0.2) is 31.6 Å². The van der Waals surface area contributed by atoms with Crippen molar-refractivity contribution in [2.75, 3.05) is 32.0 Å². The normalized spacial score (nSPS) is 22.5. The van der Waals surface area contributed by atoms with Crippen molar-refractivity contribution in [3.05, 3.63) is 27.7 Å². The second-order valence-corrected chi connectivity index (χ2v) is 6.09. The summed E-state index contributed by atoms with van der Waals surface area (Å²) in [5.74, 6) is 0. The third-order valence-electron chi connectivity index (χ3n) is 4.17. The van der Waals surface area contributed by atoms with Gasteiger partial charge in [0.1, 0.15) is 0 Å². The number of hydrogen-bond donors (Lipinski definition) is 1. The lowest BCUT2D eigenvalue weighted by Gasteiger charge is -2.37. The van der Waals surface area contributed by atoms with Crippen LogP contribution in [0.1, 0.15) is 18.4 Å². The molecule has 92 valence electrons. The minimum absolute atomic E-state index is 0.246. The first-order valence-electron chi connectivity index (χ1n) is 6.03. The molecule has 0 unspecified atom stereocenters. The minimum Gasteiger partial charge on any atom is -0.383 e. The zero-order valence-corrected chi connectivity index (χ0v) is 11.4. The van der Waals surface area contributed by atoms with Gasteiger partial charge in [-0.3, -0.25) is 0 Å². The summed E-state index contributed by atoms with van der Waals surface area (Å²) in [6.07, 6.45) is 2.36. The van der Waals surface area contributed by atoms with Crippen molar-refractivity contribution in [3.63, 3.8) is 0 Å². The van der Waals surface area contributed by atoms with Gasteiger partial charge in [0.25, 0.3) is 0 Å². The molecule has 0 aromatic heterocycles. The standard InChI is InChI=1S/C13H16Cl2N2/c1-17-4-2-13(3-5-17)8-16-12-10(13)6-9(14)7-11(12)15/h6-7,16H,2-5,8H2,1H3. The number of rotatable bonds is 0. The molecule has 1 spiro atoms. The van der Waals surface area contributed by atoms with Crippen LogP contribution in [0.4, 0.5) is 5.69 Å². The van der Waals surface area contributed by atoms with E-state index in [0.717, 1.165) is 35.4 Å². The molecule has 4 heteroatoms. The number of benzene rings is 1. The molecule has 2 aliphatic heterocycles. The van der Waals surface area contributed by atoms with Gasteiger partial charge in [0.2, 0.25) is 0 Å². The Labute approximate surface area is 112 Å². The van der Waals surface area contributed by atoms with E-state index in [4.69, 9.17) is 23.2 Å². The number of anilines is 1. The van der Waals surface area contributed by atoms with Crippen LogP contribution >= 0.6 is 23.2 Å². The van der Waals surface area contributed by atoms with Gasteiger partial charge < -0.3 is 10.2 Å². The Morgan fingerprint density at radius 3 is 2.65 bits per heavy atom. The summed E-state index contributed by atoms with van der Waals surface area (Å²) in [7, 11) is 2.18. The molecule has 0 bridgehead atoms. The molecule has 1 N–H and O–H groups in total. The number of hydrogen-bond acceptors (Lipinski definition) is 2. The fourth-order valence-corrected chi connectivity index (χ4v) is 3.58. The van der Waals surface area contributed by atoms with Crippen LogP contribution in [0.15, 0.2) is 12.1 Å². The number of nitrogens with one attached hydrogen (secondary N) is 1. The molecule has 3 rings (SSSR count). The molecular formula is C13H16Cl2N2. The molecule has 2 heterocycles. The lowest BCUT2D eigenvalue weighted by molar-refractivity contribution is 0.200. The fourth-order valence-electron chi connectivity index (χ4n) is 3.02. The molecule has 0 atom stereocenters. The van der Waals surface area contributed by atoms with Gasteiger partial charge in [0.15, 0.2) is 0 Å². The number of piperidine rings is 1. The van der Waals surface area contributed by atoms with Gasteiger partial charge in [-0.2, -0.15) is 0 Å².